The molecule has 0 aliphatic carbocycles. The predicted molar refractivity (Wildman–Crippen MR) is 103 cm³/mol. The monoisotopic (exact) mass is 365 g/mol. The zero-order valence-corrected chi connectivity index (χ0v) is 15.8. The van der Waals surface area contributed by atoms with Gasteiger partial charge >= 0.3 is 5.97 Å². The molecule has 27 heavy (non-hydrogen) atoms. The largest absolute Gasteiger partial charge is 0.457 e. The highest BCUT2D eigenvalue weighted by molar-refractivity contribution is 6.01. The summed E-state index contributed by atoms with van der Waals surface area (Å²) in [5.41, 5.74) is 4.26. The van der Waals surface area contributed by atoms with Crippen molar-refractivity contribution in [2.75, 3.05) is 18.1 Å². The first-order chi connectivity index (χ1) is 12.8. The molecule has 1 aliphatic heterocycles. The van der Waals surface area contributed by atoms with E-state index in [1.165, 1.54) is 0 Å². The lowest BCUT2D eigenvalue weighted by Crippen LogP contribution is -2.27. The molecule has 2 aromatic rings. The molecule has 1 heterocycles. The Balaban J connectivity index is 1.60. The fraction of sp³-hybridized carbons (Fsp3) is 0.318. The van der Waals surface area contributed by atoms with Crippen LogP contribution < -0.4 is 4.90 Å². The summed E-state index contributed by atoms with van der Waals surface area (Å²) in [6, 6.07) is 13.2. The van der Waals surface area contributed by atoms with Crippen LogP contribution in [-0.2, 0) is 14.3 Å². The van der Waals surface area contributed by atoms with Crippen molar-refractivity contribution in [3.63, 3.8) is 0 Å². The third-order valence-electron chi connectivity index (χ3n) is 4.84. The van der Waals surface area contributed by atoms with Crippen LogP contribution in [-0.4, -0.2) is 30.8 Å². The number of rotatable bonds is 5. The Labute approximate surface area is 158 Å². The average Bonchev–Trinajstić information content (AvgIpc) is 3.04. The Morgan fingerprint density at radius 3 is 2.41 bits per heavy atom. The number of carbonyl (C=O) groups is 3. The number of ether oxygens (including phenoxy) is 1. The molecule has 0 aromatic heterocycles. The van der Waals surface area contributed by atoms with Crippen LogP contribution in [0.4, 0.5) is 5.69 Å². The molecule has 1 atom stereocenters. The number of carbonyl (C=O) groups excluding carboxylic acids is 3. The lowest BCUT2D eigenvalue weighted by molar-refractivity contribution is -0.147. The first-order valence-corrected chi connectivity index (χ1v) is 8.99. The smallest absolute Gasteiger partial charge is 0.311 e. The van der Waals surface area contributed by atoms with Gasteiger partial charge < -0.3 is 9.64 Å². The fourth-order valence-electron chi connectivity index (χ4n) is 3.21. The van der Waals surface area contributed by atoms with Crippen LogP contribution >= 0.6 is 0 Å². The van der Waals surface area contributed by atoms with E-state index in [0.717, 1.165) is 22.4 Å². The topological polar surface area (TPSA) is 63.7 Å². The Kier molecular flexibility index (Phi) is 5.40. The van der Waals surface area contributed by atoms with Gasteiger partial charge in [0.15, 0.2) is 6.61 Å². The highest BCUT2D eigenvalue weighted by Crippen LogP contribution is 2.26. The highest BCUT2D eigenvalue weighted by Gasteiger charge is 2.36. The molecule has 5 nitrogen and oxygen atoms in total. The van der Waals surface area contributed by atoms with Gasteiger partial charge in [0.1, 0.15) is 0 Å². The number of hydrogen-bond donors (Lipinski definition) is 0. The molecule has 3 rings (SSSR count). The standard InChI is InChI=1S/C22H23NO4/c1-14-5-8-18(9-6-14)23-12-17(11-21(23)25)22(26)27-13-20(24)19-10-15(2)4-7-16(19)3/h4-10,17H,11-13H2,1-3H3/t17-/m1/s1. The molecule has 0 saturated carbocycles. The number of anilines is 1. The number of amides is 1. The van der Waals surface area contributed by atoms with Gasteiger partial charge in [-0.2, -0.15) is 0 Å². The lowest BCUT2D eigenvalue weighted by Gasteiger charge is -2.16. The average molecular weight is 365 g/mol. The minimum atomic E-state index is -0.551. The zero-order chi connectivity index (χ0) is 19.6. The van der Waals surface area contributed by atoms with Crippen molar-refractivity contribution in [2.24, 2.45) is 5.92 Å². The maximum absolute atomic E-state index is 12.4. The van der Waals surface area contributed by atoms with Crippen molar-refractivity contribution in [2.45, 2.75) is 27.2 Å². The molecule has 2 aromatic carbocycles. The molecular formula is C22H23NO4. The quantitative estimate of drug-likeness (QED) is 0.602. The lowest BCUT2D eigenvalue weighted by atomic mass is 10.0. The molecular weight excluding hydrogens is 342 g/mol. The summed E-state index contributed by atoms with van der Waals surface area (Å²) >= 11 is 0. The van der Waals surface area contributed by atoms with E-state index in [4.69, 9.17) is 4.74 Å². The van der Waals surface area contributed by atoms with E-state index >= 15 is 0 Å². The Bertz CT molecular complexity index is 886. The van der Waals surface area contributed by atoms with E-state index in [1.54, 1.807) is 11.0 Å². The minimum absolute atomic E-state index is 0.102. The van der Waals surface area contributed by atoms with Crippen LogP contribution in [0.2, 0.25) is 0 Å². The summed E-state index contributed by atoms with van der Waals surface area (Å²) in [5, 5.41) is 0. The number of hydrogen-bond acceptors (Lipinski definition) is 4. The van der Waals surface area contributed by atoms with Crippen molar-refractivity contribution in [3.05, 3.63) is 64.7 Å². The molecule has 140 valence electrons. The Hall–Kier alpha value is -2.95. The predicted octanol–water partition coefficient (Wildman–Crippen LogP) is 3.39. The van der Waals surface area contributed by atoms with Gasteiger partial charge in [-0.15, -0.1) is 0 Å². The molecule has 0 bridgehead atoms. The molecule has 5 heteroatoms. The van der Waals surface area contributed by atoms with Gasteiger partial charge in [0, 0.05) is 24.2 Å². The van der Waals surface area contributed by atoms with Crippen LogP contribution in [0.15, 0.2) is 42.5 Å². The number of Topliss-reactive ketones (excluding diaryl/α,β-unsaturated/α-hetero) is 1. The number of esters is 1. The summed E-state index contributed by atoms with van der Waals surface area (Å²) in [6.45, 7) is 5.70. The maximum Gasteiger partial charge on any atom is 0.311 e. The van der Waals surface area contributed by atoms with Crippen LogP contribution in [0.1, 0.15) is 33.5 Å². The molecule has 0 radical (unpaired) electrons. The molecule has 0 N–H and O–H groups in total. The van der Waals surface area contributed by atoms with E-state index in [-0.39, 0.29) is 31.3 Å². The molecule has 1 fully saturated rings. The van der Waals surface area contributed by atoms with Crippen LogP contribution in [0, 0.1) is 26.7 Å². The van der Waals surface area contributed by atoms with Crippen LogP contribution in [0.3, 0.4) is 0 Å². The van der Waals surface area contributed by atoms with Gasteiger partial charge in [0.2, 0.25) is 11.7 Å². The van der Waals surface area contributed by atoms with Crippen molar-refractivity contribution in [1.29, 1.82) is 0 Å². The second-order valence-electron chi connectivity index (χ2n) is 7.09. The number of aryl methyl sites for hydroxylation is 3. The van der Waals surface area contributed by atoms with Crippen molar-refractivity contribution < 1.29 is 19.1 Å². The third-order valence-corrected chi connectivity index (χ3v) is 4.84. The SMILES string of the molecule is Cc1ccc(N2C[C@H](C(=O)OCC(=O)c3cc(C)ccc3C)CC2=O)cc1. The van der Waals surface area contributed by atoms with Gasteiger partial charge in [0.25, 0.3) is 0 Å². The van der Waals surface area contributed by atoms with Crippen LogP contribution in [0.25, 0.3) is 0 Å². The molecule has 0 unspecified atom stereocenters. The highest BCUT2D eigenvalue weighted by atomic mass is 16.5. The summed E-state index contributed by atoms with van der Waals surface area (Å²) in [6.07, 6.45) is 0.102. The van der Waals surface area contributed by atoms with E-state index in [2.05, 4.69) is 0 Å². The molecule has 0 spiro atoms. The minimum Gasteiger partial charge on any atom is -0.457 e. The summed E-state index contributed by atoms with van der Waals surface area (Å²) in [5.74, 6) is -1.40. The molecule has 1 aliphatic rings. The summed E-state index contributed by atoms with van der Waals surface area (Å²) in [7, 11) is 0. The fourth-order valence-corrected chi connectivity index (χ4v) is 3.21. The van der Waals surface area contributed by atoms with Crippen molar-refractivity contribution in [3.8, 4) is 0 Å². The number of benzene rings is 2. The maximum atomic E-state index is 12.4. The van der Waals surface area contributed by atoms with Gasteiger partial charge in [-0.25, -0.2) is 0 Å². The van der Waals surface area contributed by atoms with Crippen LogP contribution in [0.5, 0.6) is 0 Å². The summed E-state index contributed by atoms with van der Waals surface area (Å²) < 4.78 is 5.22. The Morgan fingerprint density at radius 2 is 1.70 bits per heavy atom. The molecule has 1 amide bonds. The second-order valence-corrected chi connectivity index (χ2v) is 7.09. The van der Waals surface area contributed by atoms with Gasteiger partial charge in [-0.05, 0) is 44.5 Å². The van der Waals surface area contributed by atoms with E-state index < -0.39 is 11.9 Å². The summed E-state index contributed by atoms with van der Waals surface area (Å²) in [4.78, 5) is 38.6. The van der Waals surface area contributed by atoms with Crippen molar-refractivity contribution in [1.82, 2.24) is 0 Å². The van der Waals surface area contributed by atoms with E-state index in [9.17, 15) is 14.4 Å². The van der Waals surface area contributed by atoms with Crippen molar-refractivity contribution >= 4 is 23.3 Å². The van der Waals surface area contributed by atoms with Gasteiger partial charge in [0.05, 0.1) is 5.92 Å². The normalized spacial score (nSPS) is 16.5. The Morgan fingerprint density at radius 1 is 1.04 bits per heavy atom. The second kappa shape index (κ2) is 7.74. The van der Waals surface area contributed by atoms with Gasteiger partial charge in [-0.1, -0.05) is 35.4 Å². The van der Waals surface area contributed by atoms with E-state index in [0.29, 0.717) is 5.56 Å². The zero-order valence-electron chi connectivity index (χ0n) is 15.8. The first kappa shape index (κ1) is 18.8. The van der Waals surface area contributed by atoms with E-state index in [1.807, 2.05) is 57.2 Å². The molecule has 1 saturated heterocycles. The van der Waals surface area contributed by atoms with Gasteiger partial charge in [-0.3, -0.25) is 14.4 Å². The third kappa shape index (κ3) is 4.25. The first-order valence-electron chi connectivity index (χ1n) is 8.99. The number of nitrogens with zero attached hydrogens (tertiary/aromatic N) is 1. The number of ketones is 1.